The number of amides is 2. The second kappa shape index (κ2) is 14.4. The molecule has 0 bridgehead atoms. The molecule has 0 saturated heterocycles. The normalized spacial score (nSPS) is 11.8. The molecule has 0 aliphatic carbocycles. The Balaban J connectivity index is 2.11. The molecule has 0 radical (unpaired) electrons. The number of nitrogens with zero attached hydrogens (tertiary/aromatic N) is 1. The van der Waals surface area contributed by atoms with Crippen LogP contribution in [0.4, 0.5) is 0 Å². The van der Waals surface area contributed by atoms with Gasteiger partial charge in [-0.3, -0.25) is 9.59 Å². The van der Waals surface area contributed by atoms with Crippen molar-refractivity contribution in [3.05, 3.63) is 57.0 Å². The Bertz CT molecular complexity index is 1110. The summed E-state index contributed by atoms with van der Waals surface area (Å²) in [5, 5.41) is 7.02. The lowest BCUT2D eigenvalue weighted by Crippen LogP contribution is -2.48. The fraction of sp³-hybridized carbons (Fsp3) is 0.360. The lowest BCUT2D eigenvalue weighted by atomic mass is 10.0. The van der Waals surface area contributed by atoms with Gasteiger partial charge < -0.3 is 19.5 Å². The van der Waals surface area contributed by atoms with E-state index in [0.717, 1.165) is 0 Å². The smallest absolute Gasteiger partial charge is 0.344 e. The molecule has 0 aliphatic heterocycles. The quantitative estimate of drug-likeness (QED) is 0.218. The molecule has 11 heteroatoms. The Kier molecular flexibility index (Phi) is 11.7. The first kappa shape index (κ1) is 29.1. The van der Waals surface area contributed by atoms with Crippen LogP contribution in [0.2, 0.25) is 5.02 Å². The maximum absolute atomic E-state index is 12.7. The summed E-state index contributed by atoms with van der Waals surface area (Å²) in [6, 6.07) is 9.11. The number of halogens is 2. The molecule has 2 aromatic rings. The van der Waals surface area contributed by atoms with Crippen molar-refractivity contribution in [1.29, 1.82) is 0 Å². The highest BCUT2D eigenvalue weighted by atomic mass is 79.9. The Morgan fingerprint density at radius 2 is 1.83 bits per heavy atom. The highest BCUT2D eigenvalue weighted by Crippen LogP contribution is 2.36. The summed E-state index contributed by atoms with van der Waals surface area (Å²) in [6.45, 7) is 7.48. The number of benzene rings is 2. The minimum absolute atomic E-state index is 0.207. The molecular weight excluding hydrogens is 554 g/mol. The van der Waals surface area contributed by atoms with Gasteiger partial charge >= 0.3 is 5.97 Å². The number of hydrogen-bond donors (Lipinski definition) is 2. The van der Waals surface area contributed by atoms with Crippen LogP contribution in [0.15, 0.2) is 46.0 Å². The standard InChI is InChI=1S/C25H29BrClN3O6/c1-5-34-20-12-16(11-18(26)23(20)36-14-21(31)35-6-2)13-28-30-25(33)22(15(3)4)29-24(32)17-9-7-8-10-19(17)27/h7-13,15,22H,5-6,14H2,1-4H3,(H,29,32)(H,30,33). The predicted molar refractivity (Wildman–Crippen MR) is 141 cm³/mol. The van der Waals surface area contributed by atoms with Crippen molar-refractivity contribution < 1.29 is 28.6 Å². The van der Waals surface area contributed by atoms with Gasteiger partial charge in [0.25, 0.3) is 11.8 Å². The van der Waals surface area contributed by atoms with Crippen molar-refractivity contribution in [2.24, 2.45) is 11.0 Å². The van der Waals surface area contributed by atoms with Crippen molar-refractivity contribution >= 4 is 51.5 Å². The maximum Gasteiger partial charge on any atom is 0.344 e. The molecule has 2 rings (SSSR count). The lowest BCUT2D eigenvalue weighted by molar-refractivity contribution is -0.145. The highest BCUT2D eigenvalue weighted by Gasteiger charge is 2.25. The summed E-state index contributed by atoms with van der Waals surface area (Å²) in [5.74, 6) is -0.922. The van der Waals surface area contributed by atoms with Gasteiger partial charge in [0, 0.05) is 0 Å². The summed E-state index contributed by atoms with van der Waals surface area (Å²) in [5.41, 5.74) is 3.33. The summed E-state index contributed by atoms with van der Waals surface area (Å²) in [7, 11) is 0. The van der Waals surface area contributed by atoms with Crippen molar-refractivity contribution in [2.45, 2.75) is 33.7 Å². The third kappa shape index (κ3) is 8.53. The summed E-state index contributed by atoms with van der Waals surface area (Å²) in [4.78, 5) is 37.0. The van der Waals surface area contributed by atoms with Crippen LogP contribution in [0.5, 0.6) is 11.5 Å². The zero-order valence-electron chi connectivity index (χ0n) is 20.5. The number of esters is 1. The molecule has 0 heterocycles. The van der Waals surface area contributed by atoms with E-state index in [-0.39, 0.29) is 24.7 Å². The molecule has 0 aliphatic rings. The van der Waals surface area contributed by atoms with Gasteiger partial charge in [0.1, 0.15) is 6.04 Å². The van der Waals surface area contributed by atoms with Gasteiger partial charge in [-0.2, -0.15) is 5.10 Å². The lowest BCUT2D eigenvalue weighted by Gasteiger charge is -2.20. The Morgan fingerprint density at radius 3 is 2.47 bits per heavy atom. The molecule has 2 aromatic carbocycles. The number of ether oxygens (including phenoxy) is 3. The van der Waals surface area contributed by atoms with E-state index in [4.69, 9.17) is 25.8 Å². The number of carbonyl (C=O) groups is 3. The number of rotatable bonds is 12. The van der Waals surface area contributed by atoms with E-state index >= 15 is 0 Å². The molecule has 1 atom stereocenters. The first-order valence-corrected chi connectivity index (χ1v) is 12.5. The van der Waals surface area contributed by atoms with E-state index in [2.05, 4.69) is 31.8 Å². The highest BCUT2D eigenvalue weighted by molar-refractivity contribution is 9.10. The SMILES string of the molecule is CCOC(=O)COc1c(Br)cc(C=NNC(=O)C(NC(=O)c2ccccc2Cl)C(C)C)cc1OCC. The van der Waals surface area contributed by atoms with E-state index in [1.54, 1.807) is 57.2 Å². The van der Waals surface area contributed by atoms with Crippen LogP contribution in [-0.2, 0) is 14.3 Å². The van der Waals surface area contributed by atoms with Crippen LogP contribution in [0.3, 0.4) is 0 Å². The van der Waals surface area contributed by atoms with Gasteiger partial charge in [0.05, 0.1) is 34.5 Å². The van der Waals surface area contributed by atoms with Gasteiger partial charge in [0.15, 0.2) is 18.1 Å². The molecule has 2 N–H and O–H groups in total. The van der Waals surface area contributed by atoms with E-state index in [1.807, 2.05) is 6.92 Å². The summed E-state index contributed by atoms with van der Waals surface area (Å²) in [6.07, 6.45) is 1.42. The van der Waals surface area contributed by atoms with Crippen molar-refractivity contribution in [3.8, 4) is 11.5 Å². The number of hydrogen-bond acceptors (Lipinski definition) is 7. The number of carbonyl (C=O) groups excluding carboxylic acids is 3. The first-order chi connectivity index (χ1) is 17.2. The average Bonchev–Trinajstić information content (AvgIpc) is 2.82. The second-order valence-corrected chi connectivity index (χ2v) is 9.03. The molecule has 2 amide bonds. The van der Waals surface area contributed by atoms with Crippen LogP contribution in [0, 0.1) is 5.92 Å². The maximum atomic E-state index is 12.7. The molecule has 9 nitrogen and oxygen atoms in total. The number of nitrogens with one attached hydrogen (secondary N) is 2. The molecular formula is C25H29BrClN3O6. The molecule has 36 heavy (non-hydrogen) atoms. The topological polar surface area (TPSA) is 115 Å². The molecule has 0 spiro atoms. The largest absolute Gasteiger partial charge is 0.490 e. The Labute approximate surface area is 223 Å². The second-order valence-electron chi connectivity index (χ2n) is 7.77. The van der Waals surface area contributed by atoms with Crippen LogP contribution in [0.1, 0.15) is 43.6 Å². The fourth-order valence-electron chi connectivity index (χ4n) is 3.04. The van der Waals surface area contributed by atoms with E-state index in [9.17, 15) is 14.4 Å². The molecule has 0 aromatic heterocycles. The number of hydrazone groups is 1. The molecule has 0 saturated carbocycles. The van der Waals surface area contributed by atoms with Crippen LogP contribution >= 0.6 is 27.5 Å². The summed E-state index contributed by atoms with van der Waals surface area (Å²) >= 11 is 9.50. The zero-order chi connectivity index (χ0) is 26.7. The monoisotopic (exact) mass is 581 g/mol. The summed E-state index contributed by atoms with van der Waals surface area (Å²) < 4.78 is 16.6. The van der Waals surface area contributed by atoms with Gasteiger partial charge in [-0.25, -0.2) is 10.2 Å². The van der Waals surface area contributed by atoms with Crippen molar-refractivity contribution in [3.63, 3.8) is 0 Å². The minimum Gasteiger partial charge on any atom is -0.490 e. The van der Waals surface area contributed by atoms with Gasteiger partial charge in [0.2, 0.25) is 0 Å². The Hall–Kier alpha value is -3.11. The van der Waals surface area contributed by atoms with Gasteiger partial charge in [-0.05, 0) is 65.5 Å². The van der Waals surface area contributed by atoms with E-state index in [1.165, 1.54) is 6.21 Å². The first-order valence-electron chi connectivity index (χ1n) is 11.3. The minimum atomic E-state index is -0.838. The van der Waals surface area contributed by atoms with Gasteiger partial charge in [-0.15, -0.1) is 0 Å². The van der Waals surface area contributed by atoms with Gasteiger partial charge in [-0.1, -0.05) is 37.6 Å². The average molecular weight is 583 g/mol. The predicted octanol–water partition coefficient (Wildman–Crippen LogP) is 4.35. The molecule has 194 valence electrons. The zero-order valence-corrected chi connectivity index (χ0v) is 22.8. The van der Waals surface area contributed by atoms with Crippen molar-refractivity contribution in [1.82, 2.24) is 10.7 Å². The molecule has 0 fully saturated rings. The fourth-order valence-corrected chi connectivity index (χ4v) is 3.83. The van der Waals surface area contributed by atoms with Crippen molar-refractivity contribution in [2.75, 3.05) is 19.8 Å². The van der Waals surface area contributed by atoms with Crippen LogP contribution < -0.4 is 20.2 Å². The molecule has 1 unspecified atom stereocenters. The van der Waals surface area contributed by atoms with Crippen LogP contribution in [0.25, 0.3) is 0 Å². The third-order valence-corrected chi connectivity index (χ3v) is 5.63. The van der Waals surface area contributed by atoms with E-state index in [0.29, 0.717) is 33.2 Å². The Morgan fingerprint density at radius 1 is 1.11 bits per heavy atom. The van der Waals surface area contributed by atoms with E-state index < -0.39 is 23.8 Å². The van der Waals surface area contributed by atoms with Crippen LogP contribution in [-0.4, -0.2) is 49.9 Å². The third-order valence-electron chi connectivity index (χ3n) is 4.71.